The topological polar surface area (TPSA) is 15.6 Å². The molecule has 0 radical (unpaired) electrons. The largest absolute Gasteiger partial charge is 0.378 e. The number of nitrogens with zero attached hydrogens (tertiary/aromatic N) is 2. The van der Waals surface area contributed by atoms with Crippen LogP contribution in [0.4, 0.5) is 5.69 Å². The second-order valence-corrected chi connectivity index (χ2v) is 5.81. The van der Waals surface area contributed by atoms with Crippen LogP contribution in [0.2, 0.25) is 5.02 Å². The van der Waals surface area contributed by atoms with Crippen LogP contribution in [0.3, 0.4) is 0 Å². The van der Waals surface area contributed by atoms with Gasteiger partial charge in [-0.3, -0.25) is 4.99 Å². The second-order valence-electron chi connectivity index (χ2n) is 5.40. The van der Waals surface area contributed by atoms with Gasteiger partial charge in [-0.25, -0.2) is 0 Å². The van der Waals surface area contributed by atoms with E-state index in [1.54, 1.807) is 0 Å². The van der Waals surface area contributed by atoms with Crippen molar-refractivity contribution in [3.05, 3.63) is 28.8 Å². The molecule has 1 aromatic carbocycles. The zero-order chi connectivity index (χ0) is 14.8. The van der Waals surface area contributed by atoms with Crippen molar-refractivity contribution in [2.45, 2.75) is 45.4 Å². The molecule has 0 aliphatic carbocycles. The summed E-state index contributed by atoms with van der Waals surface area (Å²) in [6, 6.07) is 6.08. The summed E-state index contributed by atoms with van der Waals surface area (Å²) in [6.07, 6.45) is 9.71. The number of unbranched alkanes of at least 4 members (excludes halogenated alkanes) is 5. The summed E-state index contributed by atoms with van der Waals surface area (Å²) in [6.45, 7) is 3.15. The molecule has 2 nitrogen and oxygen atoms in total. The SMILES string of the molecule is CCCCCCCCN=Cc1ccc(N(C)C)cc1Cl. The Morgan fingerprint density at radius 3 is 2.45 bits per heavy atom. The summed E-state index contributed by atoms with van der Waals surface area (Å²) in [5, 5.41) is 0.767. The Balaban J connectivity index is 2.32. The highest BCUT2D eigenvalue weighted by atomic mass is 35.5. The molecule has 0 N–H and O–H groups in total. The lowest BCUT2D eigenvalue weighted by Gasteiger charge is -2.13. The predicted molar refractivity (Wildman–Crippen MR) is 91.6 cm³/mol. The molecule has 1 aromatic rings. The van der Waals surface area contributed by atoms with E-state index >= 15 is 0 Å². The summed E-state index contributed by atoms with van der Waals surface area (Å²) in [4.78, 5) is 6.52. The quantitative estimate of drug-likeness (QED) is 0.452. The van der Waals surface area contributed by atoms with Gasteiger partial charge < -0.3 is 4.90 Å². The molecule has 0 spiro atoms. The summed E-state index contributed by atoms with van der Waals surface area (Å²) in [5.41, 5.74) is 2.12. The molecule has 0 bridgehead atoms. The van der Waals surface area contributed by atoms with Gasteiger partial charge >= 0.3 is 0 Å². The molecule has 0 aliphatic rings. The lowest BCUT2D eigenvalue weighted by molar-refractivity contribution is 0.612. The van der Waals surface area contributed by atoms with E-state index < -0.39 is 0 Å². The van der Waals surface area contributed by atoms with E-state index in [0.717, 1.165) is 22.8 Å². The summed E-state index contributed by atoms with van der Waals surface area (Å²) < 4.78 is 0. The monoisotopic (exact) mass is 294 g/mol. The van der Waals surface area contributed by atoms with Crippen molar-refractivity contribution in [2.75, 3.05) is 25.5 Å². The zero-order valence-electron chi connectivity index (χ0n) is 13.0. The Kier molecular flexibility index (Phi) is 8.36. The second kappa shape index (κ2) is 9.82. The molecule has 0 fully saturated rings. The van der Waals surface area contributed by atoms with Gasteiger partial charge in [0.15, 0.2) is 0 Å². The number of hydrogen-bond acceptors (Lipinski definition) is 2. The van der Waals surface area contributed by atoms with Crippen molar-refractivity contribution in [1.82, 2.24) is 0 Å². The normalized spacial score (nSPS) is 11.2. The molecule has 3 heteroatoms. The van der Waals surface area contributed by atoms with Gasteiger partial charge in [-0.05, 0) is 24.6 Å². The third-order valence-electron chi connectivity index (χ3n) is 3.37. The molecule has 0 unspecified atom stereocenters. The molecule has 0 amide bonds. The number of halogens is 1. The minimum Gasteiger partial charge on any atom is -0.378 e. The molecule has 0 saturated carbocycles. The standard InChI is InChI=1S/C17H27ClN2/c1-4-5-6-7-8-9-12-19-14-15-10-11-16(20(2)3)13-17(15)18/h10-11,13-14H,4-9,12H2,1-3H3. The van der Waals surface area contributed by atoms with Crippen LogP contribution in [-0.4, -0.2) is 26.9 Å². The summed E-state index contributed by atoms with van der Waals surface area (Å²) >= 11 is 6.25. The first kappa shape index (κ1) is 17.0. The van der Waals surface area contributed by atoms with Gasteiger partial charge in [0.05, 0.1) is 5.02 Å². The maximum absolute atomic E-state index is 6.25. The van der Waals surface area contributed by atoms with Gasteiger partial charge in [0.25, 0.3) is 0 Å². The third kappa shape index (κ3) is 6.42. The van der Waals surface area contributed by atoms with Gasteiger partial charge in [-0.1, -0.05) is 50.6 Å². The Hall–Kier alpha value is -1.02. The Bertz CT molecular complexity index is 413. The highest BCUT2D eigenvalue weighted by Crippen LogP contribution is 2.21. The number of aliphatic imine (C=N–C) groups is 1. The predicted octanol–water partition coefficient (Wildman–Crippen LogP) is 5.19. The lowest BCUT2D eigenvalue weighted by atomic mass is 10.1. The summed E-state index contributed by atoms with van der Waals surface area (Å²) in [5.74, 6) is 0. The molecule has 0 atom stereocenters. The maximum Gasteiger partial charge on any atom is 0.0514 e. The molecule has 0 saturated heterocycles. The zero-order valence-corrected chi connectivity index (χ0v) is 13.8. The molecule has 1 rings (SSSR count). The fourth-order valence-electron chi connectivity index (χ4n) is 2.05. The number of anilines is 1. The number of benzene rings is 1. The van der Waals surface area contributed by atoms with E-state index in [1.165, 1.54) is 38.5 Å². The van der Waals surface area contributed by atoms with Crippen molar-refractivity contribution in [2.24, 2.45) is 4.99 Å². The van der Waals surface area contributed by atoms with E-state index in [0.29, 0.717) is 0 Å². The molecule has 20 heavy (non-hydrogen) atoms. The van der Waals surface area contributed by atoms with E-state index in [9.17, 15) is 0 Å². The molecular weight excluding hydrogens is 268 g/mol. The minimum atomic E-state index is 0.767. The first-order valence-corrected chi connectivity index (χ1v) is 7.99. The first-order chi connectivity index (χ1) is 9.65. The van der Waals surface area contributed by atoms with E-state index in [-0.39, 0.29) is 0 Å². The van der Waals surface area contributed by atoms with Gasteiger partial charge in [0, 0.05) is 38.1 Å². The van der Waals surface area contributed by atoms with Crippen LogP contribution in [0.5, 0.6) is 0 Å². The van der Waals surface area contributed by atoms with Gasteiger partial charge in [-0.15, -0.1) is 0 Å². The van der Waals surface area contributed by atoms with Gasteiger partial charge in [-0.2, -0.15) is 0 Å². The van der Waals surface area contributed by atoms with Crippen LogP contribution in [0, 0.1) is 0 Å². The van der Waals surface area contributed by atoms with Crippen molar-refractivity contribution < 1.29 is 0 Å². The Labute approximate surface area is 128 Å². The van der Waals surface area contributed by atoms with Gasteiger partial charge in [0.1, 0.15) is 0 Å². The molecule has 0 aromatic heterocycles. The number of rotatable bonds is 9. The van der Waals surface area contributed by atoms with Crippen molar-refractivity contribution in [1.29, 1.82) is 0 Å². The lowest BCUT2D eigenvalue weighted by Crippen LogP contribution is -2.08. The summed E-state index contributed by atoms with van der Waals surface area (Å²) in [7, 11) is 4.02. The average molecular weight is 295 g/mol. The van der Waals surface area contributed by atoms with E-state index in [1.807, 2.05) is 37.3 Å². The van der Waals surface area contributed by atoms with E-state index in [4.69, 9.17) is 11.6 Å². The van der Waals surface area contributed by atoms with Crippen LogP contribution in [0.15, 0.2) is 23.2 Å². The third-order valence-corrected chi connectivity index (χ3v) is 3.70. The average Bonchev–Trinajstić information content (AvgIpc) is 2.43. The molecule has 0 heterocycles. The van der Waals surface area contributed by atoms with Crippen LogP contribution >= 0.6 is 11.6 Å². The fraction of sp³-hybridized carbons (Fsp3) is 0.588. The van der Waals surface area contributed by atoms with Crippen molar-refractivity contribution >= 4 is 23.5 Å². The van der Waals surface area contributed by atoms with Crippen LogP contribution < -0.4 is 4.90 Å². The van der Waals surface area contributed by atoms with Crippen LogP contribution in [0.25, 0.3) is 0 Å². The molecule has 0 aliphatic heterocycles. The van der Waals surface area contributed by atoms with Crippen molar-refractivity contribution in [3.8, 4) is 0 Å². The van der Waals surface area contributed by atoms with Crippen LogP contribution in [-0.2, 0) is 0 Å². The van der Waals surface area contributed by atoms with Crippen molar-refractivity contribution in [3.63, 3.8) is 0 Å². The smallest absolute Gasteiger partial charge is 0.0514 e. The Morgan fingerprint density at radius 2 is 1.80 bits per heavy atom. The fourth-order valence-corrected chi connectivity index (χ4v) is 2.27. The van der Waals surface area contributed by atoms with E-state index in [2.05, 4.69) is 18.0 Å². The molecule has 112 valence electrons. The first-order valence-electron chi connectivity index (χ1n) is 7.62. The minimum absolute atomic E-state index is 0.767. The Morgan fingerprint density at radius 1 is 1.10 bits per heavy atom. The van der Waals surface area contributed by atoms with Crippen LogP contribution in [0.1, 0.15) is 51.0 Å². The van der Waals surface area contributed by atoms with Gasteiger partial charge in [0.2, 0.25) is 0 Å². The highest BCUT2D eigenvalue weighted by molar-refractivity contribution is 6.33. The highest BCUT2D eigenvalue weighted by Gasteiger charge is 2.00. The maximum atomic E-state index is 6.25. The molecular formula is C17H27ClN2. The number of hydrogen-bond donors (Lipinski definition) is 0.